The van der Waals surface area contributed by atoms with E-state index in [4.69, 9.17) is 5.73 Å². The van der Waals surface area contributed by atoms with Gasteiger partial charge in [-0.1, -0.05) is 0 Å². The van der Waals surface area contributed by atoms with Crippen LogP contribution in [0, 0.1) is 17.0 Å². The Kier molecular flexibility index (Phi) is 2.92. The fourth-order valence-electron chi connectivity index (χ4n) is 1.77. The zero-order chi connectivity index (χ0) is 13.3. The van der Waals surface area contributed by atoms with Crippen LogP contribution in [0.5, 0.6) is 0 Å². The maximum absolute atomic E-state index is 11.1. The van der Waals surface area contributed by atoms with Crippen molar-refractivity contribution in [2.45, 2.75) is 20.4 Å². The summed E-state index contributed by atoms with van der Waals surface area (Å²) in [5.74, 6) is 0.0111. The third-order valence-electron chi connectivity index (χ3n) is 2.52. The van der Waals surface area contributed by atoms with Gasteiger partial charge in [0.1, 0.15) is 5.69 Å². The quantitative estimate of drug-likeness (QED) is 0.644. The third kappa shape index (κ3) is 1.88. The van der Waals surface area contributed by atoms with Gasteiger partial charge in [-0.2, -0.15) is 5.10 Å². The lowest BCUT2D eigenvalue weighted by molar-refractivity contribution is -0.385. The fourth-order valence-corrected chi connectivity index (χ4v) is 1.77. The molecule has 8 heteroatoms. The van der Waals surface area contributed by atoms with E-state index < -0.39 is 4.92 Å². The summed E-state index contributed by atoms with van der Waals surface area (Å²) in [7, 11) is 0. The van der Waals surface area contributed by atoms with E-state index in [9.17, 15) is 10.1 Å². The standard InChI is InChI=1S/C10H12N6O2/c1-3-15-7(4-5-12-15)8-9(16(17)18)6(2)13-10(11)14-8/h4-5H,3H2,1-2H3,(H2,11,13,14). The summed E-state index contributed by atoms with van der Waals surface area (Å²) < 4.78 is 1.62. The topological polar surface area (TPSA) is 113 Å². The second-order valence-corrected chi connectivity index (χ2v) is 3.65. The SMILES string of the molecule is CCn1nccc1-c1nc(N)nc(C)c1[N+](=O)[O-]. The summed E-state index contributed by atoms with van der Waals surface area (Å²) in [4.78, 5) is 18.4. The van der Waals surface area contributed by atoms with E-state index in [1.54, 1.807) is 16.9 Å². The van der Waals surface area contributed by atoms with Crippen LogP contribution in [0.2, 0.25) is 0 Å². The number of aromatic nitrogens is 4. The van der Waals surface area contributed by atoms with Gasteiger partial charge in [-0.05, 0) is 19.9 Å². The molecule has 0 bridgehead atoms. The molecule has 0 aliphatic carbocycles. The maximum atomic E-state index is 11.1. The highest BCUT2D eigenvalue weighted by atomic mass is 16.6. The minimum absolute atomic E-state index is 0.0111. The van der Waals surface area contributed by atoms with E-state index in [0.717, 1.165) is 0 Å². The molecule has 2 N–H and O–H groups in total. The molecule has 94 valence electrons. The van der Waals surface area contributed by atoms with Gasteiger partial charge in [0.15, 0.2) is 5.69 Å². The van der Waals surface area contributed by atoms with E-state index >= 15 is 0 Å². The first-order valence-corrected chi connectivity index (χ1v) is 5.35. The second-order valence-electron chi connectivity index (χ2n) is 3.65. The van der Waals surface area contributed by atoms with Crippen molar-refractivity contribution >= 4 is 11.6 Å². The van der Waals surface area contributed by atoms with E-state index in [1.807, 2.05) is 6.92 Å². The number of aryl methyl sites for hydroxylation is 2. The molecule has 0 unspecified atom stereocenters. The molecule has 18 heavy (non-hydrogen) atoms. The Bertz CT molecular complexity index is 606. The number of hydrogen-bond donors (Lipinski definition) is 1. The molecule has 2 heterocycles. The minimum atomic E-state index is -0.503. The Morgan fingerprint density at radius 2 is 2.22 bits per heavy atom. The molecule has 2 aromatic heterocycles. The molecule has 0 radical (unpaired) electrons. The van der Waals surface area contributed by atoms with Crippen LogP contribution >= 0.6 is 0 Å². The van der Waals surface area contributed by atoms with Gasteiger partial charge in [0.25, 0.3) is 0 Å². The number of nitro groups is 1. The molecular weight excluding hydrogens is 236 g/mol. The Labute approximate surface area is 103 Å². The summed E-state index contributed by atoms with van der Waals surface area (Å²) >= 11 is 0. The zero-order valence-corrected chi connectivity index (χ0v) is 9.99. The van der Waals surface area contributed by atoms with Crippen LogP contribution < -0.4 is 5.73 Å². The molecule has 2 rings (SSSR count). The van der Waals surface area contributed by atoms with Crippen LogP contribution in [0.4, 0.5) is 11.6 Å². The number of nitrogens with zero attached hydrogens (tertiary/aromatic N) is 5. The monoisotopic (exact) mass is 248 g/mol. The maximum Gasteiger partial charge on any atom is 0.318 e. The van der Waals surface area contributed by atoms with E-state index in [1.165, 1.54) is 6.92 Å². The van der Waals surface area contributed by atoms with Gasteiger partial charge in [0.05, 0.1) is 10.6 Å². The molecule has 2 aromatic rings. The number of nitrogens with two attached hydrogens (primary N) is 1. The first-order valence-electron chi connectivity index (χ1n) is 5.35. The highest BCUT2D eigenvalue weighted by Gasteiger charge is 2.24. The predicted octanol–water partition coefficient (Wildman–Crippen LogP) is 1.16. The van der Waals surface area contributed by atoms with Crippen LogP contribution in [0.15, 0.2) is 12.3 Å². The van der Waals surface area contributed by atoms with Gasteiger partial charge >= 0.3 is 5.69 Å². The summed E-state index contributed by atoms with van der Waals surface area (Å²) in [6.07, 6.45) is 1.57. The van der Waals surface area contributed by atoms with Gasteiger partial charge in [-0.3, -0.25) is 14.8 Å². The van der Waals surface area contributed by atoms with Crippen LogP contribution in [0.1, 0.15) is 12.6 Å². The minimum Gasteiger partial charge on any atom is -0.368 e. The van der Waals surface area contributed by atoms with Gasteiger partial charge in [0, 0.05) is 12.7 Å². The van der Waals surface area contributed by atoms with Crippen LogP contribution in [0.3, 0.4) is 0 Å². The van der Waals surface area contributed by atoms with Gasteiger partial charge in [-0.25, -0.2) is 9.97 Å². The lowest BCUT2D eigenvalue weighted by Gasteiger charge is -2.07. The van der Waals surface area contributed by atoms with Crippen molar-refractivity contribution in [3.63, 3.8) is 0 Å². The summed E-state index contributed by atoms with van der Waals surface area (Å²) in [5.41, 5.74) is 6.41. The third-order valence-corrected chi connectivity index (χ3v) is 2.52. The van der Waals surface area contributed by atoms with Crippen molar-refractivity contribution in [1.82, 2.24) is 19.7 Å². The largest absolute Gasteiger partial charge is 0.368 e. The predicted molar refractivity (Wildman–Crippen MR) is 64.7 cm³/mol. The van der Waals surface area contributed by atoms with Crippen molar-refractivity contribution in [3.8, 4) is 11.4 Å². The van der Waals surface area contributed by atoms with E-state index in [0.29, 0.717) is 12.2 Å². The second kappa shape index (κ2) is 4.40. The molecule has 0 spiro atoms. The molecule has 0 atom stereocenters. The first kappa shape index (κ1) is 12.0. The fraction of sp³-hybridized carbons (Fsp3) is 0.300. The lowest BCUT2D eigenvalue weighted by atomic mass is 10.2. The molecule has 0 aromatic carbocycles. The molecule has 0 saturated carbocycles. The van der Waals surface area contributed by atoms with Crippen molar-refractivity contribution in [2.24, 2.45) is 0 Å². The number of anilines is 1. The normalized spacial score (nSPS) is 10.6. The van der Waals surface area contributed by atoms with Crippen LogP contribution in [-0.2, 0) is 6.54 Å². The highest BCUT2D eigenvalue weighted by molar-refractivity contribution is 5.69. The molecular formula is C10H12N6O2. The molecule has 0 fully saturated rings. The molecule has 0 amide bonds. The molecule has 8 nitrogen and oxygen atoms in total. The molecule has 0 aliphatic heterocycles. The average molecular weight is 248 g/mol. The van der Waals surface area contributed by atoms with Crippen molar-refractivity contribution in [3.05, 3.63) is 28.1 Å². The number of nitrogen functional groups attached to an aromatic ring is 1. The van der Waals surface area contributed by atoms with Crippen LogP contribution in [-0.4, -0.2) is 24.7 Å². The Morgan fingerprint density at radius 3 is 2.83 bits per heavy atom. The Balaban J connectivity index is 2.73. The molecule has 0 saturated heterocycles. The molecule has 0 aliphatic rings. The number of hydrogen-bond acceptors (Lipinski definition) is 6. The first-order chi connectivity index (χ1) is 8.54. The van der Waals surface area contributed by atoms with E-state index in [2.05, 4.69) is 15.1 Å². The number of rotatable bonds is 3. The summed E-state index contributed by atoms with van der Waals surface area (Å²) in [6.45, 7) is 4.01. The highest BCUT2D eigenvalue weighted by Crippen LogP contribution is 2.30. The summed E-state index contributed by atoms with van der Waals surface area (Å²) in [6, 6.07) is 1.66. The van der Waals surface area contributed by atoms with Crippen molar-refractivity contribution in [2.75, 3.05) is 5.73 Å². The van der Waals surface area contributed by atoms with Crippen LogP contribution in [0.25, 0.3) is 11.4 Å². The van der Waals surface area contributed by atoms with E-state index in [-0.39, 0.29) is 23.0 Å². The smallest absolute Gasteiger partial charge is 0.318 e. The van der Waals surface area contributed by atoms with Gasteiger partial charge in [0.2, 0.25) is 5.95 Å². The Hall–Kier alpha value is -2.51. The van der Waals surface area contributed by atoms with Gasteiger partial charge < -0.3 is 5.73 Å². The van der Waals surface area contributed by atoms with Gasteiger partial charge in [-0.15, -0.1) is 0 Å². The zero-order valence-electron chi connectivity index (χ0n) is 9.99. The Morgan fingerprint density at radius 1 is 1.50 bits per heavy atom. The van der Waals surface area contributed by atoms with Crippen molar-refractivity contribution < 1.29 is 4.92 Å². The van der Waals surface area contributed by atoms with Crippen molar-refractivity contribution in [1.29, 1.82) is 0 Å². The summed E-state index contributed by atoms with van der Waals surface area (Å²) in [5, 5.41) is 15.2. The lowest BCUT2D eigenvalue weighted by Crippen LogP contribution is -2.07. The average Bonchev–Trinajstić information content (AvgIpc) is 2.74.